The van der Waals surface area contributed by atoms with Crippen molar-refractivity contribution in [2.45, 2.75) is 193 Å². The molecule has 2 unspecified atom stereocenters. The molecule has 0 spiro atoms. The topological polar surface area (TPSA) is 119 Å². The Morgan fingerprint density at radius 3 is 1.63 bits per heavy atom. The number of carbonyl (C=O) groups excluding carboxylic acids is 2. The molecule has 2 atom stereocenters. The third kappa shape index (κ3) is 33.6. The monoisotopic (exact) mass is 687 g/mol. The Morgan fingerprint density at radius 2 is 1.10 bits per heavy atom. The van der Waals surface area contributed by atoms with E-state index in [1.54, 1.807) is 0 Å². The Morgan fingerprint density at radius 1 is 0.612 bits per heavy atom. The molecule has 4 N–H and O–H groups in total. The van der Waals surface area contributed by atoms with Crippen LogP contribution in [0, 0.1) is 0 Å². The molecule has 0 aromatic carbocycles. The summed E-state index contributed by atoms with van der Waals surface area (Å²) < 4.78 is 5.91. The molecule has 0 aliphatic carbocycles. The molecular formula is C42H74N2O5. The third-order valence-electron chi connectivity index (χ3n) is 8.64. The summed E-state index contributed by atoms with van der Waals surface area (Å²) in [5.41, 5.74) is 5.47. The van der Waals surface area contributed by atoms with Gasteiger partial charge in [0.25, 0.3) is 0 Å². The number of amides is 1. The average molecular weight is 687 g/mol. The second-order valence-corrected chi connectivity index (χ2v) is 13.3. The highest BCUT2D eigenvalue weighted by Crippen LogP contribution is 2.16. The van der Waals surface area contributed by atoms with Crippen LogP contribution in [0.2, 0.25) is 0 Å². The summed E-state index contributed by atoms with van der Waals surface area (Å²) in [7, 11) is 0. The molecule has 7 heteroatoms. The number of carboxylic acids is 1. The van der Waals surface area contributed by atoms with E-state index in [9.17, 15) is 19.5 Å². The Hall–Kier alpha value is -2.67. The summed E-state index contributed by atoms with van der Waals surface area (Å²) in [6.45, 7) is 4.81. The van der Waals surface area contributed by atoms with Gasteiger partial charge in [-0.1, -0.05) is 146 Å². The number of aliphatic carboxylic acids is 1. The van der Waals surface area contributed by atoms with E-state index in [1.807, 2.05) is 6.08 Å². The first-order valence-corrected chi connectivity index (χ1v) is 20.0. The van der Waals surface area contributed by atoms with Crippen LogP contribution in [0.5, 0.6) is 0 Å². The van der Waals surface area contributed by atoms with Gasteiger partial charge in [-0.05, 0) is 76.8 Å². The molecule has 1 amide bonds. The number of carbonyl (C=O) groups is 3. The molecule has 7 nitrogen and oxygen atoms in total. The largest absolute Gasteiger partial charge is 0.480 e. The van der Waals surface area contributed by atoms with Gasteiger partial charge in [-0.2, -0.15) is 0 Å². The zero-order valence-corrected chi connectivity index (χ0v) is 31.5. The number of nitrogens with two attached hydrogens (primary N) is 1. The molecule has 0 heterocycles. The Bertz CT molecular complexity index is 911. The summed E-state index contributed by atoms with van der Waals surface area (Å²) in [6.07, 6.45) is 43.1. The number of carboxylic acid groups (broad SMARTS) is 1. The van der Waals surface area contributed by atoms with E-state index in [0.717, 1.165) is 77.0 Å². The lowest BCUT2D eigenvalue weighted by Crippen LogP contribution is -2.40. The standard InChI is InChI=1S/C42H74N2O5/c1-3-5-7-9-11-13-15-17-19-21-26-30-36-41(46)49-38(32-27-23-20-18-16-14-12-10-8-6-4-2)33-28-24-22-25-29-35-40(45)44-39(42(47)48)34-31-37-43/h6,8,12,14,18,20,27,32,38-39H,3-5,7,9-11,13,15-17,19,21-26,28-31,33-37,43H2,1-2H3,(H,44,45)(H,47,48)/b8-6-,14-12-,20-18-,32-27-. The van der Waals surface area contributed by atoms with Gasteiger partial charge in [0, 0.05) is 12.8 Å². The van der Waals surface area contributed by atoms with Gasteiger partial charge in [0.2, 0.25) is 5.91 Å². The molecule has 0 aliphatic rings. The van der Waals surface area contributed by atoms with Gasteiger partial charge in [-0.25, -0.2) is 4.79 Å². The lowest BCUT2D eigenvalue weighted by atomic mass is 10.0. The number of nitrogens with one attached hydrogen (secondary N) is 1. The fraction of sp³-hybridized carbons (Fsp3) is 0.738. The van der Waals surface area contributed by atoms with Crippen LogP contribution in [0.25, 0.3) is 0 Å². The normalized spacial score (nSPS) is 13.2. The van der Waals surface area contributed by atoms with Crippen LogP contribution in [0.1, 0.15) is 181 Å². The van der Waals surface area contributed by atoms with Gasteiger partial charge < -0.3 is 20.9 Å². The average Bonchev–Trinajstić information content (AvgIpc) is 3.08. The zero-order chi connectivity index (χ0) is 36.0. The highest BCUT2D eigenvalue weighted by atomic mass is 16.5. The van der Waals surface area contributed by atoms with E-state index in [2.05, 4.69) is 61.7 Å². The smallest absolute Gasteiger partial charge is 0.326 e. The molecule has 0 radical (unpaired) electrons. The Labute approximate surface area is 300 Å². The van der Waals surface area contributed by atoms with Crippen molar-refractivity contribution in [1.82, 2.24) is 5.32 Å². The molecule has 0 saturated carbocycles. The molecule has 49 heavy (non-hydrogen) atoms. The lowest BCUT2D eigenvalue weighted by Gasteiger charge is -2.15. The van der Waals surface area contributed by atoms with Crippen LogP contribution in [-0.4, -0.2) is 41.6 Å². The van der Waals surface area contributed by atoms with Crippen molar-refractivity contribution in [2.75, 3.05) is 6.54 Å². The number of unbranched alkanes of at least 4 members (excludes halogenated alkanes) is 15. The summed E-state index contributed by atoms with van der Waals surface area (Å²) in [4.78, 5) is 36.2. The molecule has 0 aromatic rings. The van der Waals surface area contributed by atoms with Gasteiger partial charge in [0.15, 0.2) is 0 Å². The summed E-state index contributed by atoms with van der Waals surface area (Å²) in [5, 5.41) is 11.9. The van der Waals surface area contributed by atoms with E-state index in [-0.39, 0.29) is 18.0 Å². The number of rotatable bonds is 35. The number of esters is 1. The minimum Gasteiger partial charge on any atom is -0.480 e. The molecule has 0 rings (SSSR count). The SMILES string of the molecule is CC/C=C\C/C=C\C/C=C\C/C=C\C(CCCCCCCC(=O)NC(CCCN)C(=O)O)OC(=O)CCCCCCCCCCCCCC. The van der Waals surface area contributed by atoms with Crippen LogP contribution in [0.4, 0.5) is 0 Å². The summed E-state index contributed by atoms with van der Waals surface area (Å²) in [5.74, 6) is -1.33. The predicted octanol–water partition coefficient (Wildman–Crippen LogP) is 10.8. The summed E-state index contributed by atoms with van der Waals surface area (Å²) >= 11 is 0. The fourth-order valence-corrected chi connectivity index (χ4v) is 5.65. The maximum Gasteiger partial charge on any atom is 0.326 e. The van der Waals surface area contributed by atoms with E-state index in [1.165, 1.54) is 64.2 Å². The van der Waals surface area contributed by atoms with Crippen molar-refractivity contribution >= 4 is 17.8 Å². The van der Waals surface area contributed by atoms with Crippen LogP contribution < -0.4 is 11.1 Å². The number of hydrogen-bond donors (Lipinski definition) is 3. The first-order chi connectivity index (χ1) is 23.9. The maximum atomic E-state index is 12.7. The molecular weight excluding hydrogens is 612 g/mol. The van der Waals surface area contributed by atoms with Crippen molar-refractivity contribution in [1.29, 1.82) is 0 Å². The van der Waals surface area contributed by atoms with Gasteiger partial charge in [0.05, 0.1) is 0 Å². The van der Waals surface area contributed by atoms with E-state index >= 15 is 0 Å². The zero-order valence-electron chi connectivity index (χ0n) is 31.5. The lowest BCUT2D eigenvalue weighted by molar-refractivity contribution is -0.147. The molecule has 0 aliphatic heterocycles. The summed E-state index contributed by atoms with van der Waals surface area (Å²) in [6, 6.07) is -0.867. The van der Waals surface area contributed by atoms with Crippen molar-refractivity contribution in [2.24, 2.45) is 5.73 Å². The van der Waals surface area contributed by atoms with Crippen molar-refractivity contribution < 1.29 is 24.2 Å². The Balaban J connectivity index is 4.46. The number of allylic oxidation sites excluding steroid dienone is 7. The van der Waals surface area contributed by atoms with Crippen LogP contribution >= 0.6 is 0 Å². The maximum absolute atomic E-state index is 12.7. The van der Waals surface area contributed by atoms with E-state index < -0.39 is 12.0 Å². The predicted molar refractivity (Wildman–Crippen MR) is 206 cm³/mol. The highest BCUT2D eigenvalue weighted by Gasteiger charge is 2.18. The van der Waals surface area contributed by atoms with Crippen LogP contribution in [-0.2, 0) is 19.1 Å². The quantitative estimate of drug-likeness (QED) is 0.0347. The first-order valence-electron chi connectivity index (χ1n) is 20.0. The van der Waals surface area contributed by atoms with Gasteiger partial charge >= 0.3 is 11.9 Å². The number of ether oxygens (including phenoxy) is 1. The third-order valence-corrected chi connectivity index (χ3v) is 8.64. The second kappa shape index (κ2) is 36.6. The molecule has 0 aromatic heterocycles. The fourth-order valence-electron chi connectivity index (χ4n) is 5.65. The van der Waals surface area contributed by atoms with Crippen molar-refractivity contribution in [3.05, 3.63) is 48.6 Å². The molecule has 282 valence electrons. The minimum atomic E-state index is -1.01. The number of hydrogen-bond acceptors (Lipinski definition) is 5. The van der Waals surface area contributed by atoms with Crippen molar-refractivity contribution in [3.63, 3.8) is 0 Å². The van der Waals surface area contributed by atoms with Crippen molar-refractivity contribution in [3.8, 4) is 0 Å². The minimum absolute atomic E-state index is 0.100. The van der Waals surface area contributed by atoms with E-state index in [4.69, 9.17) is 10.5 Å². The second-order valence-electron chi connectivity index (χ2n) is 13.3. The molecule has 0 fully saturated rings. The Kier molecular flexibility index (Phi) is 34.6. The first kappa shape index (κ1) is 46.3. The highest BCUT2D eigenvalue weighted by molar-refractivity contribution is 5.83. The van der Waals surface area contributed by atoms with Crippen LogP contribution in [0.3, 0.4) is 0 Å². The van der Waals surface area contributed by atoms with Gasteiger partial charge in [0.1, 0.15) is 12.1 Å². The van der Waals surface area contributed by atoms with Gasteiger partial charge in [-0.3, -0.25) is 9.59 Å². The van der Waals surface area contributed by atoms with Gasteiger partial charge in [-0.15, -0.1) is 0 Å². The molecule has 0 saturated heterocycles. The van der Waals surface area contributed by atoms with E-state index in [0.29, 0.717) is 32.2 Å². The molecule has 0 bridgehead atoms. The van der Waals surface area contributed by atoms with Crippen LogP contribution in [0.15, 0.2) is 48.6 Å².